The van der Waals surface area contributed by atoms with Crippen LogP contribution in [0.5, 0.6) is 5.75 Å². The molecule has 0 spiro atoms. The molecule has 0 saturated carbocycles. The molecule has 2 aromatic rings. The van der Waals surface area contributed by atoms with Gasteiger partial charge in [0.15, 0.2) is 0 Å². The summed E-state index contributed by atoms with van der Waals surface area (Å²) in [5.41, 5.74) is 1.69. The van der Waals surface area contributed by atoms with Crippen molar-refractivity contribution in [2.75, 3.05) is 0 Å². The Morgan fingerprint density at radius 2 is 1.52 bits per heavy atom. The van der Waals surface area contributed by atoms with Crippen molar-refractivity contribution in [3.8, 4) is 17.6 Å². The average Bonchev–Trinajstić information content (AvgIpc) is 2.45. The van der Waals surface area contributed by atoms with E-state index in [2.05, 4.69) is 45.7 Å². The van der Waals surface area contributed by atoms with Gasteiger partial charge in [-0.05, 0) is 60.6 Å². The van der Waals surface area contributed by atoms with Crippen LogP contribution in [0.15, 0.2) is 48.5 Å². The topological polar surface area (TPSA) is 9.23 Å². The molecule has 0 aromatic heterocycles. The van der Waals surface area contributed by atoms with Crippen LogP contribution in [0.3, 0.4) is 0 Å². The van der Waals surface area contributed by atoms with Crippen LogP contribution in [0.2, 0.25) is 18.1 Å². The van der Waals surface area contributed by atoms with Crippen LogP contribution in [0.25, 0.3) is 0 Å². The molecule has 0 aliphatic heterocycles. The van der Waals surface area contributed by atoms with Gasteiger partial charge in [-0.1, -0.05) is 38.7 Å². The van der Waals surface area contributed by atoms with E-state index in [-0.39, 0.29) is 10.9 Å². The monoisotopic (exact) mass is 326 g/mol. The zero-order valence-electron chi connectivity index (χ0n) is 14.4. The van der Waals surface area contributed by atoms with Crippen molar-refractivity contribution in [1.29, 1.82) is 0 Å². The van der Waals surface area contributed by atoms with Gasteiger partial charge >= 0.3 is 0 Å². The Morgan fingerprint density at radius 1 is 0.913 bits per heavy atom. The normalized spacial score (nSPS) is 11.6. The Morgan fingerprint density at radius 3 is 2.13 bits per heavy atom. The fraction of sp³-hybridized carbons (Fsp3) is 0.300. The second-order valence-corrected chi connectivity index (χ2v) is 11.9. The van der Waals surface area contributed by atoms with Gasteiger partial charge < -0.3 is 4.43 Å². The smallest absolute Gasteiger partial charge is 0.250 e. The Balaban J connectivity index is 2.19. The van der Waals surface area contributed by atoms with Crippen LogP contribution < -0.4 is 4.43 Å². The van der Waals surface area contributed by atoms with Crippen molar-refractivity contribution in [3.63, 3.8) is 0 Å². The Labute approximate surface area is 139 Å². The lowest BCUT2D eigenvalue weighted by molar-refractivity contribution is 0.492. The molecule has 120 valence electrons. The van der Waals surface area contributed by atoms with E-state index >= 15 is 0 Å². The lowest BCUT2D eigenvalue weighted by Crippen LogP contribution is -2.43. The van der Waals surface area contributed by atoms with Gasteiger partial charge in [-0.3, -0.25) is 0 Å². The zero-order valence-corrected chi connectivity index (χ0v) is 15.4. The van der Waals surface area contributed by atoms with Crippen LogP contribution in [0.1, 0.15) is 31.9 Å². The molecule has 0 aliphatic carbocycles. The summed E-state index contributed by atoms with van der Waals surface area (Å²) in [6.45, 7) is 11.1. The van der Waals surface area contributed by atoms with Gasteiger partial charge in [0.05, 0.1) is 0 Å². The first kappa shape index (κ1) is 17.3. The molecular weight excluding hydrogens is 303 g/mol. The number of rotatable bonds is 2. The molecule has 0 radical (unpaired) electrons. The molecule has 0 bridgehead atoms. The fourth-order valence-corrected chi connectivity index (χ4v) is 2.79. The number of halogens is 1. The summed E-state index contributed by atoms with van der Waals surface area (Å²) in [5, 5.41) is 0.156. The van der Waals surface area contributed by atoms with Crippen molar-refractivity contribution < 1.29 is 8.82 Å². The minimum Gasteiger partial charge on any atom is -0.543 e. The van der Waals surface area contributed by atoms with Crippen molar-refractivity contribution in [2.45, 2.75) is 38.9 Å². The first-order valence-electron chi connectivity index (χ1n) is 7.74. The van der Waals surface area contributed by atoms with E-state index in [1.165, 1.54) is 12.1 Å². The molecule has 0 heterocycles. The van der Waals surface area contributed by atoms with Gasteiger partial charge in [0.2, 0.25) is 8.32 Å². The van der Waals surface area contributed by atoms with Gasteiger partial charge in [0, 0.05) is 11.1 Å². The highest BCUT2D eigenvalue weighted by Crippen LogP contribution is 2.37. The molecule has 23 heavy (non-hydrogen) atoms. The van der Waals surface area contributed by atoms with E-state index in [0.29, 0.717) is 0 Å². The van der Waals surface area contributed by atoms with E-state index in [1.54, 1.807) is 12.1 Å². The summed E-state index contributed by atoms with van der Waals surface area (Å²) in [6.07, 6.45) is 0. The fourth-order valence-electron chi connectivity index (χ4n) is 1.76. The van der Waals surface area contributed by atoms with Crippen LogP contribution in [0, 0.1) is 17.7 Å². The largest absolute Gasteiger partial charge is 0.543 e. The third kappa shape index (κ3) is 4.71. The summed E-state index contributed by atoms with van der Waals surface area (Å²) in [7, 11) is -1.85. The summed E-state index contributed by atoms with van der Waals surface area (Å²) in [5.74, 6) is 6.77. The Hall–Kier alpha value is -2.05. The third-order valence-corrected chi connectivity index (χ3v) is 8.57. The van der Waals surface area contributed by atoms with Crippen molar-refractivity contribution in [3.05, 3.63) is 65.5 Å². The molecule has 0 atom stereocenters. The molecule has 2 rings (SSSR count). The van der Waals surface area contributed by atoms with Gasteiger partial charge in [-0.15, -0.1) is 0 Å². The van der Waals surface area contributed by atoms with Gasteiger partial charge in [0.25, 0.3) is 0 Å². The van der Waals surface area contributed by atoms with Gasteiger partial charge in [-0.25, -0.2) is 4.39 Å². The highest BCUT2D eigenvalue weighted by atomic mass is 28.4. The Bertz CT molecular complexity index is 731. The molecular formula is C20H23FOSi. The summed E-state index contributed by atoms with van der Waals surface area (Å²) >= 11 is 0. The van der Waals surface area contributed by atoms with E-state index in [0.717, 1.165) is 16.9 Å². The first-order valence-corrected chi connectivity index (χ1v) is 10.6. The molecule has 0 fully saturated rings. The minimum atomic E-state index is -1.85. The quantitative estimate of drug-likeness (QED) is 0.515. The summed E-state index contributed by atoms with van der Waals surface area (Å²) in [4.78, 5) is 0. The lowest BCUT2D eigenvalue weighted by atomic mass is 10.2. The van der Waals surface area contributed by atoms with E-state index in [1.807, 2.05) is 24.3 Å². The number of hydrogen-bond acceptors (Lipinski definition) is 1. The van der Waals surface area contributed by atoms with E-state index in [9.17, 15) is 4.39 Å². The highest BCUT2D eigenvalue weighted by Gasteiger charge is 2.38. The van der Waals surface area contributed by atoms with Crippen LogP contribution >= 0.6 is 0 Å². The van der Waals surface area contributed by atoms with E-state index in [4.69, 9.17) is 4.43 Å². The average molecular weight is 326 g/mol. The molecule has 0 saturated heterocycles. The molecule has 0 aliphatic rings. The second-order valence-electron chi connectivity index (χ2n) is 7.15. The molecule has 2 aromatic carbocycles. The number of benzene rings is 2. The van der Waals surface area contributed by atoms with Gasteiger partial charge in [0.1, 0.15) is 11.6 Å². The molecule has 0 amide bonds. The van der Waals surface area contributed by atoms with Gasteiger partial charge in [-0.2, -0.15) is 0 Å². The highest BCUT2D eigenvalue weighted by molar-refractivity contribution is 6.74. The van der Waals surface area contributed by atoms with Crippen molar-refractivity contribution in [1.82, 2.24) is 0 Å². The second kappa shape index (κ2) is 6.60. The first-order chi connectivity index (χ1) is 10.7. The number of hydrogen-bond donors (Lipinski definition) is 0. The maximum Gasteiger partial charge on any atom is 0.250 e. The van der Waals surface area contributed by atoms with Crippen molar-refractivity contribution >= 4 is 8.32 Å². The predicted octanol–water partition coefficient (Wildman–Crippen LogP) is 5.61. The standard InChI is InChI=1S/C20H23FOSi/c1-20(2,3)23(4,5)22-19-8-6-7-17(15-19)10-9-16-11-13-18(21)14-12-16/h6-8,11-15H,1-5H3. The van der Waals surface area contributed by atoms with Crippen LogP contribution in [-0.2, 0) is 0 Å². The molecule has 0 N–H and O–H groups in total. The summed E-state index contributed by atoms with van der Waals surface area (Å²) in [6, 6.07) is 14.0. The van der Waals surface area contributed by atoms with E-state index < -0.39 is 8.32 Å². The Kier molecular flexibility index (Phi) is 4.96. The van der Waals surface area contributed by atoms with Crippen LogP contribution in [-0.4, -0.2) is 8.32 Å². The maximum absolute atomic E-state index is 12.9. The molecule has 1 nitrogen and oxygen atoms in total. The zero-order chi connectivity index (χ0) is 17.1. The third-order valence-electron chi connectivity index (χ3n) is 4.21. The summed E-state index contributed by atoms with van der Waals surface area (Å²) < 4.78 is 19.2. The predicted molar refractivity (Wildman–Crippen MR) is 96.6 cm³/mol. The van der Waals surface area contributed by atoms with Crippen molar-refractivity contribution in [2.24, 2.45) is 0 Å². The minimum absolute atomic E-state index is 0.156. The lowest BCUT2D eigenvalue weighted by Gasteiger charge is -2.36. The molecule has 3 heteroatoms. The maximum atomic E-state index is 12.9. The molecule has 0 unspecified atom stereocenters. The van der Waals surface area contributed by atoms with Crippen LogP contribution in [0.4, 0.5) is 4.39 Å². The SMILES string of the molecule is CC(C)(C)[Si](C)(C)Oc1cccc(C#Cc2ccc(F)cc2)c1.